The third-order valence-corrected chi connectivity index (χ3v) is 1.91. The van der Waals surface area contributed by atoms with Crippen LogP contribution >= 0.6 is 24.8 Å². The normalized spacial score (nSPS) is 25.7. The van der Waals surface area contributed by atoms with E-state index >= 15 is 0 Å². The van der Waals surface area contributed by atoms with Crippen LogP contribution in [0.3, 0.4) is 0 Å². The summed E-state index contributed by atoms with van der Waals surface area (Å²) in [5, 5.41) is 16.8. The van der Waals surface area contributed by atoms with Gasteiger partial charge in [-0.1, -0.05) is 0 Å². The lowest BCUT2D eigenvalue weighted by Gasteiger charge is -2.29. The lowest BCUT2D eigenvalue weighted by molar-refractivity contribution is -0.160. The van der Waals surface area contributed by atoms with Gasteiger partial charge in [-0.2, -0.15) is 0 Å². The molecule has 0 heterocycles. The fourth-order valence-corrected chi connectivity index (χ4v) is 1.09. The standard InChI is InChI=1S/C6H8O4.2ClH/c7-5(8)3-1-2-4(3)6(9)10;;/h3-4H,1-2H2,(H,7,8)(H,9,10);2*1H. The van der Waals surface area contributed by atoms with E-state index in [1.54, 1.807) is 0 Å². The molecule has 6 heteroatoms. The van der Waals surface area contributed by atoms with Crippen LogP contribution < -0.4 is 0 Å². The Morgan fingerprint density at radius 3 is 1.25 bits per heavy atom. The van der Waals surface area contributed by atoms with E-state index in [0.717, 1.165) is 0 Å². The molecule has 0 bridgehead atoms. The van der Waals surface area contributed by atoms with Crippen molar-refractivity contribution in [1.82, 2.24) is 0 Å². The number of aliphatic carboxylic acids is 2. The van der Waals surface area contributed by atoms with E-state index in [2.05, 4.69) is 0 Å². The van der Waals surface area contributed by atoms with E-state index in [1.807, 2.05) is 0 Å². The lowest BCUT2D eigenvalue weighted by Crippen LogP contribution is -2.37. The Morgan fingerprint density at radius 2 is 1.17 bits per heavy atom. The molecule has 1 aliphatic carbocycles. The van der Waals surface area contributed by atoms with E-state index in [0.29, 0.717) is 12.8 Å². The summed E-state index contributed by atoms with van der Waals surface area (Å²) in [4.78, 5) is 20.5. The number of hydrogen-bond donors (Lipinski definition) is 2. The number of rotatable bonds is 2. The van der Waals surface area contributed by atoms with Crippen molar-refractivity contribution in [1.29, 1.82) is 0 Å². The first-order valence-electron chi connectivity index (χ1n) is 3.08. The molecule has 0 spiro atoms. The van der Waals surface area contributed by atoms with Gasteiger partial charge in [-0.05, 0) is 12.8 Å². The second-order valence-corrected chi connectivity index (χ2v) is 2.47. The first-order chi connectivity index (χ1) is 4.63. The van der Waals surface area contributed by atoms with Gasteiger partial charge >= 0.3 is 11.9 Å². The SMILES string of the molecule is Cl.Cl.O=C(O)C1CCC1C(=O)O. The smallest absolute Gasteiger partial charge is 0.307 e. The molecule has 0 aliphatic heterocycles. The summed E-state index contributed by atoms with van der Waals surface area (Å²) in [5.74, 6) is -3.26. The number of hydrogen-bond acceptors (Lipinski definition) is 2. The van der Waals surface area contributed by atoms with E-state index in [-0.39, 0.29) is 24.8 Å². The molecular formula is C6H10Cl2O4. The van der Waals surface area contributed by atoms with Crippen LogP contribution in [0.5, 0.6) is 0 Å². The maximum Gasteiger partial charge on any atom is 0.307 e. The van der Waals surface area contributed by atoms with E-state index in [1.165, 1.54) is 0 Å². The van der Waals surface area contributed by atoms with Gasteiger partial charge in [0.2, 0.25) is 0 Å². The van der Waals surface area contributed by atoms with Gasteiger partial charge in [-0.3, -0.25) is 9.59 Å². The molecule has 1 aliphatic rings. The van der Waals surface area contributed by atoms with Crippen LogP contribution in [0.1, 0.15) is 12.8 Å². The molecule has 1 fully saturated rings. The molecule has 2 atom stereocenters. The van der Waals surface area contributed by atoms with Gasteiger partial charge in [-0.25, -0.2) is 0 Å². The van der Waals surface area contributed by atoms with Gasteiger partial charge < -0.3 is 10.2 Å². The molecule has 12 heavy (non-hydrogen) atoms. The minimum absolute atomic E-state index is 0. The summed E-state index contributed by atoms with van der Waals surface area (Å²) in [6.07, 6.45) is 1.01. The molecular weight excluding hydrogens is 207 g/mol. The Bertz CT molecular complexity index is 162. The maximum absolute atomic E-state index is 10.2. The van der Waals surface area contributed by atoms with Crippen molar-refractivity contribution in [3.05, 3.63) is 0 Å². The van der Waals surface area contributed by atoms with E-state index in [4.69, 9.17) is 10.2 Å². The van der Waals surface area contributed by atoms with Gasteiger partial charge in [0.15, 0.2) is 0 Å². The first-order valence-corrected chi connectivity index (χ1v) is 3.08. The van der Waals surface area contributed by atoms with Gasteiger partial charge in [0.1, 0.15) is 0 Å². The highest BCUT2D eigenvalue weighted by Crippen LogP contribution is 2.34. The zero-order valence-corrected chi connectivity index (χ0v) is 7.73. The topological polar surface area (TPSA) is 74.6 Å². The van der Waals surface area contributed by atoms with Crippen molar-refractivity contribution < 1.29 is 19.8 Å². The highest BCUT2D eigenvalue weighted by atomic mass is 35.5. The molecule has 0 radical (unpaired) electrons. The summed E-state index contributed by atoms with van der Waals surface area (Å²) in [7, 11) is 0. The lowest BCUT2D eigenvalue weighted by atomic mass is 9.74. The highest BCUT2D eigenvalue weighted by Gasteiger charge is 2.41. The van der Waals surface area contributed by atoms with Crippen LogP contribution in [0.25, 0.3) is 0 Å². The summed E-state index contributed by atoms with van der Waals surface area (Å²) in [6.45, 7) is 0. The van der Waals surface area contributed by atoms with Crippen molar-refractivity contribution in [3.63, 3.8) is 0 Å². The molecule has 2 unspecified atom stereocenters. The second-order valence-electron chi connectivity index (χ2n) is 2.47. The van der Waals surface area contributed by atoms with Gasteiger partial charge in [0, 0.05) is 0 Å². The predicted octanol–water partition coefficient (Wildman–Crippen LogP) is 1.03. The quantitative estimate of drug-likeness (QED) is 0.724. The molecule has 2 N–H and O–H groups in total. The molecule has 1 rings (SSSR count). The monoisotopic (exact) mass is 216 g/mol. The zero-order valence-electron chi connectivity index (χ0n) is 6.10. The van der Waals surface area contributed by atoms with Crippen LogP contribution in [0, 0.1) is 11.8 Å². The van der Waals surface area contributed by atoms with Crippen molar-refractivity contribution >= 4 is 36.8 Å². The third kappa shape index (κ3) is 2.53. The van der Waals surface area contributed by atoms with Crippen molar-refractivity contribution in [2.75, 3.05) is 0 Å². The van der Waals surface area contributed by atoms with Crippen molar-refractivity contribution in [2.45, 2.75) is 12.8 Å². The largest absolute Gasteiger partial charge is 0.481 e. The molecule has 4 nitrogen and oxygen atoms in total. The van der Waals surface area contributed by atoms with Crippen LogP contribution in [-0.4, -0.2) is 22.2 Å². The summed E-state index contributed by atoms with van der Waals surface area (Å²) in [6, 6.07) is 0. The molecule has 1 saturated carbocycles. The zero-order chi connectivity index (χ0) is 7.72. The number of carbonyl (C=O) groups is 2. The molecule has 0 amide bonds. The average Bonchev–Trinajstić information content (AvgIpc) is 1.56. The van der Waals surface area contributed by atoms with Crippen LogP contribution in [-0.2, 0) is 9.59 Å². The van der Waals surface area contributed by atoms with E-state index in [9.17, 15) is 9.59 Å². The highest BCUT2D eigenvalue weighted by molar-refractivity contribution is 5.85. The molecule has 0 aromatic rings. The fraction of sp³-hybridized carbons (Fsp3) is 0.667. The Hall–Kier alpha value is -0.480. The molecule has 0 aromatic heterocycles. The Labute approximate surface area is 81.8 Å². The van der Waals surface area contributed by atoms with Crippen LogP contribution in [0.2, 0.25) is 0 Å². The number of carboxylic acids is 2. The fourth-order valence-electron chi connectivity index (χ4n) is 1.09. The third-order valence-electron chi connectivity index (χ3n) is 1.91. The Balaban J connectivity index is 0. The molecule has 0 saturated heterocycles. The molecule has 72 valence electrons. The van der Waals surface area contributed by atoms with Gasteiger partial charge in [-0.15, -0.1) is 24.8 Å². The summed E-state index contributed by atoms with van der Waals surface area (Å²) >= 11 is 0. The van der Waals surface area contributed by atoms with Crippen LogP contribution in [0.4, 0.5) is 0 Å². The van der Waals surface area contributed by atoms with Gasteiger partial charge in [0.05, 0.1) is 11.8 Å². The first kappa shape index (κ1) is 14.1. The van der Waals surface area contributed by atoms with Crippen molar-refractivity contribution in [2.24, 2.45) is 11.8 Å². The molecule has 0 aromatic carbocycles. The minimum atomic E-state index is -0.987. The van der Waals surface area contributed by atoms with Gasteiger partial charge in [0.25, 0.3) is 0 Å². The van der Waals surface area contributed by atoms with E-state index < -0.39 is 23.8 Å². The minimum Gasteiger partial charge on any atom is -0.481 e. The van der Waals surface area contributed by atoms with Crippen molar-refractivity contribution in [3.8, 4) is 0 Å². The Morgan fingerprint density at radius 1 is 0.917 bits per heavy atom. The number of halogens is 2. The Kier molecular flexibility index (Phi) is 6.11. The second kappa shape index (κ2) is 5.22. The summed E-state index contributed by atoms with van der Waals surface area (Å²) in [5.41, 5.74) is 0. The summed E-state index contributed by atoms with van der Waals surface area (Å²) < 4.78 is 0. The number of carboxylic acid groups (broad SMARTS) is 2. The predicted molar refractivity (Wildman–Crippen MR) is 46.0 cm³/mol. The maximum atomic E-state index is 10.2. The average molecular weight is 217 g/mol. The van der Waals surface area contributed by atoms with Crippen LogP contribution in [0.15, 0.2) is 0 Å².